The van der Waals surface area contributed by atoms with E-state index < -0.39 is 6.10 Å². The van der Waals surface area contributed by atoms with Gasteiger partial charge in [0.1, 0.15) is 12.7 Å². The zero-order valence-corrected chi connectivity index (χ0v) is 16.2. The van der Waals surface area contributed by atoms with Crippen LogP contribution < -0.4 is 4.74 Å². The summed E-state index contributed by atoms with van der Waals surface area (Å²) in [6, 6.07) is 3.82. The van der Waals surface area contributed by atoms with Crippen molar-refractivity contribution in [2.45, 2.75) is 45.9 Å². The van der Waals surface area contributed by atoms with E-state index >= 15 is 0 Å². The zero-order chi connectivity index (χ0) is 16.2. The Balaban J connectivity index is 0.00000441. The highest BCUT2D eigenvalue weighted by Gasteiger charge is 2.19. The van der Waals surface area contributed by atoms with Gasteiger partial charge in [-0.25, -0.2) is 0 Å². The van der Waals surface area contributed by atoms with Gasteiger partial charge in [0.05, 0.1) is 10.0 Å². The standard InChI is InChI=1S/C15H22Cl3NO2.ClH/c1-9(2)19(10(3)4)7-12(20)8-21-15-13(17)5-11(16)6-14(15)18;/h5-6,9-10,12,20H,7-8H2,1-4H3;1H. The molecule has 0 aliphatic rings. The van der Waals surface area contributed by atoms with Crippen molar-refractivity contribution in [2.75, 3.05) is 13.2 Å². The van der Waals surface area contributed by atoms with Gasteiger partial charge < -0.3 is 9.84 Å². The first-order valence-corrected chi connectivity index (χ1v) is 8.07. The van der Waals surface area contributed by atoms with Gasteiger partial charge in [0, 0.05) is 23.7 Å². The number of nitrogens with zero attached hydrogens (tertiary/aromatic N) is 1. The Bertz CT molecular complexity index is 438. The minimum atomic E-state index is -0.627. The molecule has 128 valence electrons. The van der Waals surface area contributed by atoms with Crippen molar-refractivity contribution in [3.05, 3.63) is 27.2 Å². The lowest BCUT2D eigenvalue weighted by molar-refractivity contribution is 0.0446. The molecular weight excluding hydrogens is 368 g/mol. The first-order valence-electron chi connectivity index (χ1n) is 6.93. The maximum atomic E-state index is 10.1. The molecule has 1 N–H and O–H groups in total. The molecular formula is C15H23Cl4NO2. The highest BCUT2D eigenvalue weighted by atomic mass is 35.5. The summed E-state index contributed by atoms with van der Waals surface area (Å²) in [7, 11) is 0. The summed E-state index contributed by atoms with van der Waals surface area (Å²) in [6.45, 7) is 9.04. The molecule has 0 fully saturated rings. The fraction of sp³-hybridized carbons (Fsp3) is 0.600. The molecule has 0 spiro atoms. The number of ether oxygens (including phenoxy) is 1. The third-order valence-electron chi connectivity index (χ3n) is 3.13. The van der Waals surface area contributed by atoms with Crippen molar-refractivity contribution in [1.29, 1.82) is 0 Å². The van der Waals surface area contributed by atoms with Crippen LogP contribution in [0.2, 0.25) is 15.1 Å². The van der Waals surface area contributed by atoms with Gasteiger partial charge in [-0.3, -0.25) is 4.90 Å². The summed E-state index contributed by atoms with van der Waals surface area (Å²) in [6.07, 6.45) is -0.627. The lowest BCUT2D eigenvalue weighted by Crippen LogP contribution is -2.43. The van der Waals surface area contributed by atoms with E-state index in [1.807, 2.05) is 0 Å². The Kier molecular flexibility index (Phi) is 10.1. The van der Waals surface area contributed by atoms with E-state index in [9.17, 15) is 5.11 Å². The van der Waals surface area contributed by atoms with E-state index in [1.165, 1.54) is 0 Å². The number of halogens is 4. The molecule has 0 aliphatic heterocycles. The Labute approximate surface area is 153 Å². The molecule has 1 aromatic carbocycles. The van der Waals surface area contributed by atoms with Crippen LogP contribution >= 0.6 is 47.2 Å². The highest BCUT2D eigenvalue weighted by Crippen LogP contribution is 2.35. The second-order valence-corrected chi connectivity index (χ2v) is 6.80. The van der Waals surface area contributed by atoms with Crippen LogP contribution in [0.15, 0.2) is 12.1 Å². The summed E-state index contributed by atoms with van der Waals surface area (Å²) in [5.41, 5.74) is 0. The average molecular weight is 391 g/mol. The molecule has 0 bridgehead atoms. The van der Waals surface area contributed by atoms with Crippen LogP contribution in [0, 0.1) is 0 Å². The number of aliphatic hydroxyl groups is 1. The van der Waals surface area contributed by atoms with E-state index in [4.69, 9.17) is 39.5 Å². The summed E-state index contributed by atoms with van der Waals surface area (Å²) < 4.78 is 5.55. The Morgan fingerprint density at radius 3 is 1.91 bits per heavy atom. The number of hydrogen-bond acceptors (Lipinski definition) is 3. The summed E-state index contributed by atoms with van der Waals surface area (Å²) in [5, 5.41) is 11.3. The predicted octanol–water partition coefficient (Wildman–Crippen LogP) is 4.93. The lowest BCUT2D eigenvalue weighted by atomic mass is 10.2. The van der Waals surface area contributed by atoms with Crippen LogP contribution in [-0.4, -0.2) is 41.3 Å². The third-order valence-corrected chi connectivity index (χ3v) is 3.91. The van der Waals surface area contributed by atoms with Crippen LogP contribution in [0.25, 0.3) is 0 Å². The fourth-order valence-corrected chi connectivity index (χ4v) is 3.09. The molecule has 0 heterocycles. The van der Waals surface area contributed by atoms with Gasteiger partial charge in [0.25, 0.3) is 0 Å². The molecule has 0 saturated heterocycles. The van der Waals surface area contributed by atoms with Crippen molar-refractivity contribution in [1.82, 2.24) is 4.90 Å². The van der Waals surface area contributed by atoms with Gasteiger partial charge in [-0.15, -0.1) is 12.4 Å². The Morgan fingerprint density at radius 1 is 1.05 bits per heavy atom. The highest BCUT2D eigenvalue weighted by molar-refractivity contribution is 6.40. The Morgan fingerprint density at radius 2 is 1.50 bits per heavy atom. The monoisotopic (exact) mass is 389 g/mol. The van der Waals surface area contributed by atoms with E-state index in [2.05, 4.69) is 32.6 Å². The molecule has 0 aliphatic carbocycles. The quantitative estimate of drug-likeness (QED) is 0.716. The maximum absolute atomic E-state index is 10.1. The predicted molar refractivity (Wildman–Crippen MR) is 97.2 cm³/mol. The number of benzene rings is 1. The van der Waals surface area contributed by atoms with Gasteiger partial charge in [0.2, 0.25) is 0 Å². The number of rotatable bonds is 7. The normalized spacial score (nSPS) is 12.7. The molecule has 1 unspecified atom stereocenters. The van der Waals surface area contributed by atoms with Crippen LogP contribution in [0.4, 0.5) is 0 Å². The smallest absolute Gasteiger partial charge is 0.156 e. The molecule has 0 saturated carbocycles. The van der Waals surface area contributed by atoms with Crippen molar-refractivity contribution in [3.8, 4) is 5.75 Å². The third kappa shape index (κ3) is 6.69. The van der Waals surface area contributed by atoms with Crippen molar-refractivity contribution < 1.29 is 9.84 Å². The molecule has 0 amide bonds. The Hall–Kier alpha value is 0.1000. The first-order chi connectivity index (χ1) is 9.72. The average Bonchev–Trinajstić information content (AvgIpc) is 2.33. The zero-order valence-electron chi connectivity index (χ0n) is 13.1. The molecule has 7 heteroatoms. The van der Waals surface area contributed by atoms with Gasteiger partial charge in [-0.1, -0.05) is 34.8 Å². The van der Waals surface area contributed by atoms with Crippen LogP contribution in [0.5, 0.6) is 5.75 Å². The molecule has 22 heavy (non-hydrogen) atoms. The molecule has 1 rings (SSSR count). The molecule has 3 nitrogen and oxygen atoms in total. The fourth-order valence-electron chi connectivity index (χ4n) is 2.16. The van der Waals surface area contributed by atoms with Crippen LogP contribution in [0.1, 0.15) is 27.7 Å². The van der Waals surface area contributed by atoms with E-state index in [-0.39, 0.29) is 19.0 Å². The van der Waals surface area contributed by atoms with Crippen LogP contribution in [0.3, 0.4) is 0 Å². The maximum Gasteiger partial charge on any atom is 0.156 e. The van der Waals surface area contributed by atoms with E-state index in [0.29, 0.717) is 39.4 Å². The minimum absolute atomic E-state index is 0. The van der Waals surface area contributed by atoms with Crippen LogP contribution in [-0.2, 0) is 0 Å². The van der Waals surface area contributed by atoms with E-state index in [1.54, 1.807) is 12.1 Å². The lowest BCUT2D eigenvalue weighted by Gasteiger charge is -2.32. The second-order valence-electron chi connectivity index (χ2n) is 5.55. The first kappa shape index (κ1) is 22.1. The second kappa shape index (κ2) is 10.1. The van der Waals surface area contributed by atoms with Crippen molar-refractivity contribution in [3.63, 3.8) is 0 Å². The molecule has 0 aromatic heterocycles. The number of aliphatic hydroxyl groups excluding tert-OH is 1. The summed E-state index contributed by atoms with van der Waals surface area (Å²) in [5.74, 6) is 0.349. The topological polar surface area (TPSA) is 32.7 Å². The largest absolute Gasteiger partial charge is 0.488 e. The van der Waals surface area contributed by atoms with Crippen molar-refractivity contribution >= 4 is 47.2 Å². The van der Waals surface area contributed by atoms with Crippen molar-refractivity contribution in [2.24, 2.45) is 0 Å². The van der Waals surface area contributed by atoms with Gasteiger partial charge in [-0.2, -0.15) is 0 Å². The molecule has 0 radical (unpaired) electrons. The SMILES string of the molecule is CC(C)N(CC(O)COc1c(Cl)cc(Cl)cc1Cl)C(C)C.Cl. The summed E-state index contributed by atoms with van der Waals surface area (Å²) >= 11 is 17.9. The van der Waals surface area contributed by atoms with Gasteiger partial charge in [0.15, 0.2) is 5.75 Å². The summed E-state index contributed by atoms with van der Waals surface area (Å²) in [4.78, 5) is 2.19. The number of hydrogen-bond donors (Lipinski definition) is 1. The minimum Gasteiger partial charge on any atom is -0.488 e. The molecule has 1 aromatic rings. The van der Waals surface area contributed by atoms with E-state index in [0.717, 1.165) is 0 Å². The molecule has 1 atom stereocenters. The van der Waals surface area contributed by atoms with Gasteiger partial charge in [-0.05, 0) is 39.8 Å². The van der Waals surface area contributed by atoms with Gasteiger partial charge >= 0.3 is 0 Å².